The van der Waals surface area contributed by atoms with Gasteiger partial charge in [0.1, 0.15) is 29.6 Å². The van der Waals surface area contributed by atoms with Crippen LogP contribution >= 0.6 is 0 Å². The van der Waals surface area contributed by atoms with Gasteiger partial charge < -0.3 is 57.5 Å². The first-order valence-electron chi connectivity index (χ1n) is 2.76. The summed E-state index contributed by atoms with van der Waals surface area (Å²) in [4.78, 5) is 0. The summed E-state index contributed by atoms with van der Waals surface area (Å²) in [6.45, 7) is 0. The quantitative estimate of drug-likeness (QED) is 0.169. The molecular weight excluding hydrogens is 1110 g/mol. The fraction of sp³-hybridized carbons (Fsp3) is 0. The summed E-state index contributed by atoms with van der Waals surface area (Å²) < 4.78 is 39.6. The zero-order chi connectivity index (χ0) is 14.3. The molecule has 0 aliphatic heterocycles. The Balaban J connectivity index is -0.00000000720. The minimum Gasteiger partial charge on any atom is -0.867 e. The molecule has 0 atom stereocenters. The van der Waals surface area contributed by atoms with Crippen LogP contribution in [0, 0.1) is 0 Å². The Morgan fingerprint density at radius 3 is 0.292 bits per heavy atom. The molecule has 0 rings (SSSR count). The third-order valence-electron chi connectivity index (χ3n) is 0. The Hall–Kier alpha value is 5.58. The van der Waals surface area contributed by atoms with Crippen molar-refractivity contribution in [3.63, 3.8) is 0 Å². The van der Waals surface area contributed by atoms with Crippen LogP contribution in [0.3, 0.4) is 0 Å². The molecule has 24 heavy (non-hydrogen) atoms. The van der Waals surface area contributed by atoms with Crippen LogP contribution < -0.4 is 40.2 Å². The van der Waals surface area contributed by atoms with Gasteiger partial charge in [-0.05, 0) is 0 Å². The van der Waals surface area contributed by atoms with E-state index in [0.717, 1.165) is 0 Å². The molecule has 0 aliphatic rings. The molecule has 8 nitrogen and oxygen atoms in total. The molecule has 24 heteroatoms. The Labute approximate surface area is 261 Å². The number of hydrogen-bond acceptors (Lipinski definition) is 8. The van der Waals surface area contributed by atoms with Gasteiger partial charge in [0.15, 0.2) is 0 Å². The minimum absolute atomic E-state index is 0. The van der Waals surface area contributed by atoms with Crippen molar-refractivity contribution < 1.29 is 236 Å². The van der Waals surface area contributed by atoms with Crippen molar-refractivity contribution in [3.8, 4) is 0 Å². The molecule has 0 N–H and O–H groups in total. The standard InChI is InChI=1S/8Ag.4BFO2/c;;;;;;;;4*2-1(3)4/q8*+1;4*-2. The molecular formula is Ag8B4F4O8. The maximum atomic E-state index is 9.89. The second-order valence-electron chi connectivity index (χ2n) is 1.10. The second kappa shape index (κ2) is 70.3. The van der Waals surface area contributed by atoms with Crippen molar-refractivity contribution >= 4 is 29.6 Å². The Morgan fingerprint density at radius 2 is 0.292 bits per heavy atom. The molecule has 0 bridgehead atoms. The van der Waals surface area contributed by atoms with Crippen molar-refractivity contribution in [1.29, 1.82) is 0 Å². The topological polar surface area (TPSA) is 184 Å². The molecule has 0 spiro atoms. The molecule has 0 aliphatic carbocycles. The molecule has 0 saturated heterocycles. The molecule has 0 heterocycles. The number of halogens is 4. The van der Waals surface area contributed by atoms with E-state index in [4.69, 9.17) is 40.2 Å². The van der Waals surface area contributed by atoms with Gasteiger partial charge in [0.2, 0.25) is 0 Å². The van der Waals surface area contributed by atoms with Crippen LogP contribution in [0.5, 0.6) is 0 Å². The van der Waals surface area contributed by atoms with Gasteiger partial charge in [-0.15, -0.1) is 0 Å². The SMILES string of the molecule is [Ag+].[Ag+].[Ag+].[Ag+].[Ag+].[Ag+].[Ag+].[Ag+].[O-]B([O-])F.[O-]B([O-])F.[O-]B([O-])F.[O-]B([O-])F. The zero-order valence-corrected chi connectivity index (χ0v) is 21.4. The van der Waals surface area contributed by atoms with Gasteiger partial charge in [0.25, 0.3) is 0 Å². The predicted molar refractivity (Wildman–Crippen MR) is 27.4 cm³/mol. The third-order valence-corrected chi connectivity index (χ3v) is 0. The van der Waals surface area contributed by atoms with Crippen LogP contribution in [0.4, 0.5) is 17.3 Å². The fourth-order valence-electron chi connectivity index (χ4n) is 0. The molecule has 176 valence electrons. The summed E-state index contributed by atoms with van der Waals surface area (Å²) >= 11 is 0. The normalized spacial score (nSPS) is 4.50. The summed E-state index contributed by atoms with van der Waals surface area (Å²) in [5, 5.41) is 66.4. The Morgan fingerprint density at radius 1 is 0.292 bits per heavy atom. The first-order chi connectivity index (χ1) is 6.93. The summed E-state index contributed by atoms with van der Waals surface area (Å²) in [5.41, 5.74) is 0. The van der Waals surface area contributed by atoms with Gasteiger partial charge in [-0.25, -0.2) is 0 Å². The molecule has 0 aromatic heterocycles. The second-order valence-corrected chi connectivity index (χ2v) is 1.10. The van der Waals surface area contributed by atoms with E-state index in [2.05, 4.69) is 0 Å². The van der Waals surface area contributed by atoms with Crippen molar-refractivity contribution in [2.75, 3.05) is 0 Å². The number of rotatable bonds is 0. The first kappa shape index (κ1) is 78.2. The van der Waals surface area contributed by atoms with E-state index < -0.39 is 29.6 Å². The van der Waals surface area contributed by atoms with Crippen LogP contribution in [0.1, 0.15) is 0 Å². The largest absolute Gasteiger partial charge is 1.00 e. The van der Waals surface area contributed by atoms with Gasteiger partial charge in [-0.1, -0.05) is 0 Å². The van der Waals surface area contributed by atoms with E-state index in [0.29, 0.717) is 0 Å². The van der Waals surface area contributed by atoms with Gasteiger partial charge in [-0.3, -0.25) is 0 Å². The van der Waals surface area contributed by atoms with Crippen LogP contribution in [0.15, 0.2) is 0 Å². The van der Waals surface area contributed by atoms with Crippen molar-refractivity contribution in [1.82, 2.24) is 0 Å². The smallest absolute Gasteiger partial charge is 0.867 e. The van der Waals surface area contributed by atoms with E-state index >= 15 is 0 Å². The summed E-state index contributed by atoms with van der Waals surface area (Å²) in [7, 11) is -12.7. The maximum Gasteiger partial charge on any atom is 1.00 e. The average Bonchev–Trinajstić information content (AvgIpc) is 1.76. The first-order valence-corrected chi connectivity index (χ1v) is 2.76. The molecule has 0 saturated carbocycles. The van der Waals surface area contributed by atoms with Crippen molar-refractivity contribution in [2.45, 2.75) is 0 Å². The molecule has 0 fully saturated rings. The van der Waals surface area contributed by atoms with E-state index in [1.54, 1.807) is 0 Å². The third kappa shape index (κ3) is 626. The number of hydrogen-bond donors (Lipinski definition) is 0. The monoisotopic (exact) mass is 1100 g/mol. The molecule has 0 radical (unpaired) electrons. The van der Waals surface area contributed by atoms with E-state index in [-0.39, 0.29) is 179 Å². The average molecular weight is 1110 g/mol. The molecule has 0 amide bonds. The van der Waals surface area contributed by atoms with E-state index in [1.807, 2.05) is 0 Å². The fourth-order valence-corrected chi connectivity index (χ4v) is 0. The Kier molecular flexibility index (Phi) is 229. The van der Waals surface area contributed by atoms with Crippen LogP contribution in [0.25, 0.3) is 0 Å². The maximum absolute atomic E-state index is 9.89. The summed E-state index contributed by atoms with van der Waals surface area (Å²) in [6, 6.07) is 0. The predicted octanol–water partition coefficient (Wildman–Crippen LogP) is -9.37. The molecule has 0 unspecified atom stereocenters. The summed E-state index contributed by atoms with van der Waals surface area (Å²) in [5.74, 6) is 0. The van der Waals surface area contributed by atoms with Gasteiger partial charge in [-0.2, -0.15) is 0 Å². The van der Waals surface area contributed by atoms with Crippen LogP contribution in [-0.4, -0.2) is 29.6 Å². The van der Waals surface area contributed by atoms with Crippen LogP contribution in [-0.2, 0) is 179 Å². The van der Waals surface area contributed by atoms with Crippen LogP contribution in [0.2, 0.25) is 0 Å². The van der Waals surface area contributed by atoms with E-state index in [9.17, 15) is 17.3 Å². The van der Waals surface area contributed by atoms with E-state index in [1.165, 1.54) is 0 Å². The van der Waals surface area contributed by atoms with Crippen molar-refractivity contribution in [3.05, 3.63) is 0 Å². The van der Waals surface area contributed by atoms with Crippen molar-refractivity contribution in [2.24, 2.45) is 0 Å². The Bertz CT molecular complexity index is 89.1. The molecule has 0 aromatic carbocycles. The minimum atomic E-state index is -3.17. The zero-order valence-electron chi connectivity index (χ0n) is 9.50. The molecule has 0 aromatic rings. The van der Waals surface area contributed by atoms with Gasteiger partial charge >= 0.3 is 179 Å². The van der Waals surface area contributed by atoms with Gasteiger partial charge in [0, 0.05) is 0 Å². The summed E-state index contributed by atoms with van der Waals surface area (Å²) in [6.07, 6.45) is 0. The van der Waals surface area contributed by atoms with Gasteiger partial charge in [0.05, 0.1) is 0 Å².